The SMILES string of the molecule is Cc1nc2ccc(Br)cc2c(=O)n1N=Cc1cccc(OCC(=O)Nc2ccc(Cl)cc2)c1. The van der Waals surface area contributed by atoms with Crippen LogP contribution in [0.2, 0.25) is 5.02 Å². The lowest BCUT2D eigenvalue weighted by molar-refractivity contribution is -0.118. The van der Waals surface area contributed by atoms with Gasteiger partial charge < -0.3 is 10.1 Å². The van der Waals surface area contributed by atoms with Crippen LogP contribution in [0.15, 0.2) is 81.1 Å². The van der Waals surface area contributed by atoms with Gasteiger partial charge in [-0.2, -0.15) is 9.78 Å². The van der Waals surface area contributed by atoms with E-state index in [2.05, 4.69) is 31.3 Å². The fourth-order valence-corrected chi connectivity index (χ4v) is 3.57. The molecule has 0 aliphatic heterocycles. The molecule has 166 valence electrons. The third kappa shape index (κ3) is 5.66. The Hall–Kier alpha value is -3.49. The molecule has 0 aliphatic rings. The van der Waals surface area contributed by atoms with Gasteiger partial charge in [0.2, 0.25) is 0 Å². The highest BCUT2D eigenvalue weighted by Gasteiger charge is 2.08. The molecule has 0 aliphatic carbocycles. The smallest absolute Gasteiger partial charge is 0.282 e. The van der Waals surface area contributed by atoms with Gasteiger partial charge in [-0.3, -0.25) is 9.59 Å². The summed E-state index contributed by atoms with van der Waals surface area (Å²) >= 11 is 9.22. The van der Waals surface area contributed by atoms with Gasteiger partial charge in [-0.05, 0) is 67.1 Å². The molecule has 0 saturated heterocycles. The van der Waals surface area contributed by atoms with Crippen molar-refractivity contribution in [1.82, 2.24) is 9.66 Å². The number of benzene rings is 3. The van der Waals surface area contributed by atoms with E-state index in [0.717, 1.165) is 4.47 Å². The first-order valence-electron chi connectivity index (χ1n) is 9.90. The lowest BCUT2D eigenvalue weighted by Gasteiger charge is -2.08. The maximum absolute atomic E-state index is 12.8. The van der Waals surface area contributed by atoms with E-state index in [1.54, 1.807) is 67.7 Å². The number of ether oxygens (including phenoxy) is 1. The van der Waals surface area contributed by atoms with E-state index in [1.165, 1.54) is 4.68 Å². The van der Waals surface area contributed by atoms with Crippen LogP contribution in [0.5, 0.6) is 5.75 Å². The number of carbonyl (C=O) groups excluding carboxylic acids is 1. The zero-order valence-electron chi connectivity index (χ0n) is 17.5. The summed E-state index contributed by atoms with van der Waals surface area (Å²) in [4.78, 5) is 29.4. The van der Waals surface area contributed by atoms with E-state index in [9.17, 15) is 9.59 Å². The van der Waals surface area contributed by atoms with Gasteiger partial charge in [0.25, 0.3) is 11.5 Å². The van der Waals surface area contributed by atoms with Gasteiger partial charge >= 0.3 is 0 Å². The largest absolute Gasteiger partial charge is 0.484 e. The van der Waals surface area contributed by atoms with Crippen LogP contribution < -0.4 is 15.6 Å². The number of hydrogen-bond donors (Lipinski definition) is 1. The summed E-state index contributed by atoms with van der Waals surface area (Å²) in [5, 5.41) is 8.10. The Bertz CT molecular complexity index is 1420. The summed E-state index contributed by atoms with van der Waals surface area (Å²) in [6, 6.07) is 19.2. The lowest BCUT2D eigenvalue weighted by atomic mass is 10.2. The van der Waals surface area contributed by atoms with Crippen LogP contribution in [-0.4, -0.2) is 28.4 Å². The van der Waals surface area contributed by atoms with Crippen molar-refractivity contribution in [1.29, 1.82) is 0 Å². The number of amides is 1. The number of anilines is 1. The summed E-state index contributed by atoms with van der Waals surface area (Å²) in [6.45, 7) is 1.56. The molecule has 3 aromatic carbocycles. The zero-order chi connectivity index (χ0) is 23.4. The van der Waals surface area contributed by atoms with Crippen LogP contribution in [0.25, 0.3) is 10.9 Å². The van der Waals surface area contributed by atoms with Gasteiger partial charge in [-0.1, -0.05) is 39.7 Å². The quantitative estimate of drug-likeness (QED) is 0.358. The maximum Gasteiger partial charge on any atom is 0.282 e. The topological polar surface area (TPSA) is 85.6 Å². The molecule has 1 aromatic heterocycles. The molecule has 1 heterocycles. The van der Waals surface area contributed by atoms with Gasteiger partial charge in [0.1, 0.15) is 11.6 Å². The molecule has 1 N–H and O–H groups in total. The third-order valence-electron chi connectivity index (χ3n) is 4.65. The van der Waals surface area contributed by atoms with E-state index in [0.29, 0.717) is 38.8 Å². The Morgan fingerprint density at radius 3 is 2.76 bits per heavy atom. The molecule has 0 radical (unpaired) electrons. The summed E-state index contributed by atoms with van der Waals surface area (Å²) < 4.78 is 7.63. The van der Waals surface area contributed by atoms with Crippen molar-refractivity contribution in [3.63, 3.8) is 0 Å². The van der Waals surface area contributed by atoms with Gasteiger partial charge in [-0.25, -0.2) is 4.98 Å². The first-order chi connectivity index (χ1) is 15.9. The van der Waals surface area contributed by atoms with Gasteiger partial charge in [0.05, 0.1) is 17.1 Å². The number of aryl methyl sites for hydroxylation is 1. The predicted molar refractivity (Wildman–Crippen MR) is 133 cm³/mol. The second kappa shape index (κ2) is 9.97. The van der Waals surface area contributed by atoms with Crippen LogP contribution in [0.1, 0.15) is 11.4 Å². The first kappa shape index (κ1) is 22.7. The minimum atomic E-state index is -0.299. The molecular formula is C24H18BrClN4O3. The second-order valence-electron chi connectivity index (χ2n) is 7.10. The Kier molecular flexibility index (Phi) is 6.86. The lowest BCUT2D eigenvalue weighted by Crippen LogP contribution is -2.20. The average molecular weight is 526 g/mol. The molecule has 0 spiro atoms. The van der Waals surface area contributed by atoms with Crippen molar-refractivity contribution in [2.75, 3.05) is 11.9 Å². The molecule has 7 nitrogen and oxygen atoms in total. The molecule has 0 bridgehead atoms. The van der Waals surface area contributed by atoms with E-state index >= 15 is 0 Å². The Labute approximate surface area is 202 Å². The van der Waals surface area contributed by atoms with Crippen molar-refractivity contribution in [3.05, 3.63) is 98.0 Å². The number of fused-ring (bicyclic) bond motifs is 1. The molecule has 0 saturated carbocycles. The summed E-state index contributed by atoms with van der Waals surface area (Å²) in [7, 11) is 0. The number of rotatable bonds is 6. The molecule has 4 aromatic rings. The zero-order valence-corrected chi connectivity index (χ0v) is 19.8. The van der Waals surface area contributed by atoms with Crippen molar-refractivity contribution < 1.29 is 9.53 Å². The van der Waals surface area contributed by atoms with Crippen LogP contribution in [0, 0.1) is 6.92 Å². The maximum atomic E-state index is 12.8. The van der Waals surface area contributed by atoms with Crippen molar-refractivity contribution in [2.24, 2.45) is 5.10 Å². The highest BCUT2D eigenvalue weighted by molar-refractivity contribution is 9.10. The molecule has 0 atom stereocenters. The molecule has 33 heavy (non-hydrogen) atoms. The van der Waals surface area contributed by atoms with E-state index in [1.807, 2.05) is 12.1 Å². The predicted octanol–water partition coefficient (Wildman–Crippen LogP) is 5.02. The highest BCUT2D eigenvalue weighted by Crippen LogP contribution is 2.17. The molecular weight excluding hydrogens is 508 g/mol. The normalized spacial score (nSPS) is 11.1. The van der Waals surface area contributed by atoms with E-state index < -0.39 is 0 Å². The van der Waals surface area contributed by atoms with Gasteiger partial charge in [0, 0.05) is 15.2 Å². The Balaban J connectivity index is 1.46. The Morgan fingerprint density at radius 1 is 1.18 bits per heavy atom. The molecule has 4 rings (SSSR count). The van der Waals surface area contributed by atoms with Crippen molar-refractivity contribution >= 4 is 56.2 Å². The number of hydrogen-bond acceptors (Lipinski definition) is 5. The van der Waals surface area contributed by atoms with Crippen LogP contribution in [0.3, 0.4) is 0 Å². The summed E-state index contributed by atoms with van der Waals surface area (Å²) in [6.07, 6.45) is 1.54. The van der Waals surface area contributed by atoms with Crippen LogP contribution >= 0.6 is 27.5 Å². The number of nitrogens with zero attached hydrogens (tertiary/aromatic N) is 3. The minimum absolute atomic E-state index is 0.161. The van der Waals surface area contributed by atoms with E-state index in [-0.39, 0.29) is 18.1 Å². The average Bonchev–Trinajstić information content (AvgIpc) is 2.80. The molecule has 9 heteroatoms. The number of halogens is 2. The standard InChI is InChI=1S/C24H18BrClN4O3/c1-15-28-22-10-5-17(25)12-21(22)24(32)30(15)27-13-16-3-2-4-20(11-16)33-14-23(31)29-19-8-6-18(26)7-9-19/h2-13H,14H2,1H3,(H,29,31). The fourth-order valence-electron chi connectivity index (χ4n) is 3.08. The van der Waals surface area contributed by atoms with Gasteiger partial charge in [0.15, 0.2) is 6.61 Å². The van der Waals surface area contributed by atoms with E-state index in [4.69, 9.17) is 16.3 Å². The number of nitrogens with one attached hydrogen (secondary N) is 1. The summed E-state index contributed by atoms with van der Waals surface area (Å²) in [5.74, 6) is 0.666. The second-order valence-corrected chi connectivity index (χ2v) is 8.45. The highest BCUT2D eigenvalue weighted by atomic mass is 79.9. The summed E-state index contributed by atoms with van der Waals surface area (Å²) in [5.41, 5.74) is 1.68. The Morgan fingerprint density at radius 2 is 1.97 bits per heavy atom. The molecule has 1 amide bonds. The van der Waals surface area contributed by atoms with Gasteiger partial charge in [-0.15, -0.1) is 0 Å². The monoisotopic (exact) mass is 524 g/mol. The van der Waals surface area contributed by atoms with Crippen LogP contribution in [-0.2, 0) is 4.79 Å². The fraction of sp³-hybridized carbons (Fsp3) is 0.0833. The minimum Gasteiger partial charge on any atom is -0.484 e. The number of carbonyl (C=O) groups is 1. The third-order valence-corrected chi connectivity index (χ3v) is 5.39. The van der Waals surface area contributed by atoms with Crippen LogP contribution in [0.4, 0.5) is 5.69 Å². The van der Waals surface area contributed by atoms with Crippen molar-refractivity contribution in [3.8, 4) is 5.75 Å². The first-order valence-corrected chi connectivity index (χ1v) is 11.1. The number of aromatic nitrogens is 2. The molecule has 0 fully saturated rings. The van der Waals surface area contributed by atoms with Crippen molar-refractivity contribution in [2.45, 2.75) is 6.92 Å². The molecule has 0 unspecified atom stereocenters.